The fourth-order valence-corrected chi connectivity index (χ4v) is 2.30. The van der Waals surface area contributed by atoms with Gasteiger partial charge in [-0.1, -0.05) is 60.7 Å². The Morgan fingerprint density at radius 1 is 1.05 bits per heavy atom. The molecule has 2 aromatic rings. The van der Waals surface area contributed by atoms with Gasteiger partial charge in [-0.2, -0.15) is 0 Å². The third-order valence-electron chi connectivity index (χ3n) is 3.63. The van der Waals surface area contributed by atoms with Gasteiger partial charge in [0.1, 0.15) is 0 Å². The molecule has 0 fully saturated rings. The lowest BCUT2D eigenvalue weighted by Gasteiger charge is -2.14. The molecule has 22 heavy (non-hydrogen) atoms. The van der Waals surface area contributed by atoms with Crippen molar-refractivity contribution in [2.45, 2.75) is 32.7 Å². The largest absolute Gasteiger partial charge is 0.350 e. The second kappa shape index (κ2) is 8.18. The summed E-state index contributed by atoms with van der Waals surface area (Å²) in [5.74, 6) is 0.00409. The highest BCUT2D eigenvalue weighted by atomic mass is 16.1. The molecular formula is C20H23NO. The van der Waals surface area contributed by atoms with E-state index in [9.17, 15) is 4.79 Å². The number of aryl methyl sites for hydroxylation is 1. The molecule has 1 N–H and O–H groups in total. The Bertz CT molecular complexity index is 617. The van der Waals surface area contributed by atoms with Crippen LogP contribution < -0.4 is 5.32 Å². The molecule has 0 saturated carbocycles. The average molecular weight is 293 g/mol. The van der Waals surface area contributed by atoms with Gasteiger partial charge in [-0.05, 0) is 43.9 Å². The summed E-state index contributed by atoms with van der Waals surface area (Å²) >= 11 is 0. The number of hydrogen-bond acceptors (Lipinski definition) is 1. The molecule has 0 aliphatic rings. The van der Waals surface area contributed by atoms with Gasteiger partial charge in [0, 0.05) is 11.6 Å². The van der Waals surface area contributed by atoms with Crippen molar-refractivity contribution in [3.63, 3.8) is 0 Å². The molecule has 0 heterocycles. The van der Waals surface area contributed by atoms with Gasteiger partial charge >= 0.3 is 0 Å². The Hall–Kier alpha value is -2.35. The predicted octanol–water partition coefficient (Wildman–Crippen LogP) is 4.23. The molecule has 0 saturated heterocycles. The summed E-state index contributed by atoms with van der Waals surface area (Å²) in [7, 11) is 0. The van der Waals surface area contributed by atoms with Crippen LogP contribution in [-0.2, 0) is 11.2 Å². The van der Waals surface area contributed by atoms with E-state index in [2.05, 4.69) is 24.4 Å². The summed E-state index contributed by atoms with van der Waals surface area (Å²) < 4.78 is 0. The molecule has 2 rings (SSSR count). The molecule has 2 nitrogen and oxygen atoms in total. The Labute approximate surface area is 132 Å². The monoisotopic (exact) mass is 293 g/mol. The Morgan fingerprint density at radius 2 is 1.64 bits per heavy atom. The first-order valence-corrected chi connectivity index (χ1v) is 7.73. The zero-order valence-electron chi connectivity index (χ0n) is 13.3. The Kier molecular flexibility index (Phi) is 5.96. The van der Waals surface area contributed by atoms with E-state index in [4.69, 9.17) is 0 Å². The first-order valence-electron chi connectivity index (χ1n) is 7.73. The van der Waals surface area contributed by atoms with Crippen molar-refractivity contribution < 1.29 is 4.79 Å². The number of hydrogen-bond donors (Lipinski definition) is 1. The maximum absolute atomic E-state index is 12.2. The van der Waals surface area contributed by atoms with Crippen LogP contribution in [0.15, 0.2) is 66.2 Å². The Morgan fingerprint density at radius 3 is 2.27 bits per heavy atom. The van der Waals surface area contributed by atoms with Crippen LogP contribution in [0.4, 0.5) is 0 Å². The number of benzene rings is 2. The summed E-state index contributed by atoms with van der Waals surface area (Å²) in [6.45, 7) is 3.91. The molecule has 0 bridgehead atoms. The van der Waals surface area contributed by atoms with Gasteiger partial charge in [-0.3, -0.25) is 4.79 Å². The number of nitrogens with one attached hydrogen (secondary N) is 1. The quantitative estimate of drug-likeness (QED) is 0.794. The number of carbonyl (C=O) groups excluding carboxylic acids is 1. The van der Waals surface area contributed by atoms with E-state index in [1.54, 1.807) is 0 Å². The fraction of sp³-hybridized carbons (Fsp3) is 0.250. The van der Waals surface area contributed by atoms with Crippen molar-refractivity contribution in [2.24, 2.45) is 0 Å². The van der Waals surface area contributed by atoms with Crippen molar-refractivity contribution in [1.82, 2.24) is 5.32 Å². The molecule has 0 aliphatic heterocycles. The van der Waals surface area contributed by atoms with Crippen LogP contribution in [-0.4, -0.2) is 11.9 Å². The fourth-order valence-electron chi connectivity index (χ4n) is 2.30. The maximum atomic E-state index is 12.2. The van der Waals surface area contributed by atoms with Crippen LogP contribution in [0.2, 0.25) is 0 Å². The molecule has 2 aromatic carbocycles. The second-order valence-electron chi connectivity index (χ2n) is 5.64. The van der Waals surface area contributed by atoms with Gasteiger partial charge in [-0.15, -0.1) is 0 Å². The smallest absolute Gasteiger partial charge is 0.247 e. The van der Waals surface area contributed by atoms with Crippen LogP contribution in [0.25, 0.3) is 6.08 Å². The highest BCUT2D eigenvalue weighted by Crippen LogP contribution is 2.08. The van der Waals surface area contributed by atoms with E-state index in [-0.39, 0.29) is 11.9 Å². The molecular weight excluding hydrogens is 270 g/mol. The van der Waals surface area contributed by atoms with E-state index in [1.165, 1.54) is 5.56 Å². The lowest BCUT2D eigenvalue weighted by molar-refractivity contribution is -0.118. The first-order chi connectivity index (χ1) is 10.6. The summed E-state index contributed by atoms with van der Waals surface area (Å²) in [6.07, 6.45) is 3.83. The summed E-state index contributed by atoms with van der Waals surface area (Å²) in [5.41, 5.74) is 3.09. The molecule has 1 unspecified atom stereocenters. The average Bonchev–Trinajstić information content (AvgIpc) is 2.55. The minimum atomic E-state index is 0.00409. The zero-order valence-corrected chi connectivity index (χ0v) is 13.3. The highest BCUT2D eigenvalue weighted by Gasteiger charge is 2.09. The lowest BCUT2D eigenvalue weighted by Crippen LogP contribution is -2.33. The van der Waals surface area contributed by atoms with Crippen molar-refractivity contribution >= 4 is 12.0 Å². The Balaban J connectivity index is 1.84. The van der Waals surface area contributed by atoms with E-state index < -0.39 is 0 Å². The van der Waals surface area contributed by atoms with Gasteiger partial charge in [0.05, 0.1) is 0 Å². The van der Waals surface area contributed by atoms with E-state index in [1.807, 2.05) is 61.5 Å². The molecule has 2 heteroatoms. The van der Waals surface area contributed by atoms with Crippen LogP contribution in [0, 0.1) is 0 Å². The minimum Gasteiger partial charge on any atom is -0.350 e. The zero-order chi connectivity index (χ0) is 15.8. The van der Waals surface area contributed by atoms with Crippen LogP contribution in [0.5, 0.6) is 0 Å². The molecule has 114 valence electrons. The second-order valence-corrected chi connectivity index (χ2v) is 5.64. The van der Waals surface area contributed by atoms with Crippen LogP contribution in [0.1, 0.15) is 31.4 Å². The van der Waals surface area contributed by atoms with Gasteiger partial charge in [0.25, 0.3) is 0 Å². The van der Waals surface area contributed by atoms with E-state index in [0.717, 1.165) is 24.0 Å². The summed E-state index contributed by atoms with van der Waals surface area (Å²) in [4.78, 5) is 12.2. The van der Waals surface area contributed by atoms with E-state index >= 15 is 0 Å². The van der Waals surface area contributed by atoms with Crippen molar-refractivity contribution in [3.8, 4) is 0 Å². The standard InChI is InChI=1S/C20H23NO/c1-16(15-19-11-7-4-8-12-19)20(22)21-17(2)13-14-18-9-5-3-6-10-18/h3-12,15,17H,13-14H2,1-2H3,(H,21,22)/b16-15-. The maximum Gasteiger partial charge on any atom is 0.247 e. The van der Waals surface area contributed by atoms with Gasteiger partial charge in [0.2, 0.25) is 5.91 Å². The van der Waals surface area contributed by atoms with Crippen LogP contribution >= 0.6 is 0 Å². The third-order valence-corrected chi connectivity index (χ3v) is 3.63. The predicted molar refractivity (Wildman–Crippen MR) is 92.5 cm³/mol. The molecule has 1 atom stereocenters. The third kappa shape index (κ3) is 5.21. The van der Waals surface area contributed by atoms with Gasteiger partial charge < -0.3 is 5.32 Å². The topological polar surface area (TPSA) is 29.1 Å². The molecule has 0 radical (unpaired) electrons. The molecule has 0 spiro atoms. The van der Waals surface area contributed by atoms with Crippen molar-refractivity contribution in [3.05, 3.63) is 77.4 Å². The summed E-state index contributed by atoms with van der Waals surface area (Å²) in [6, 6.07) is 20.4. The number of amides is 1. The molecule has 0 aromatic heterocycles. The first kappa shape index (κ1) is 16.0. The molecule has 1 amide bonds. The minimum absolute atomic E-state index is 0.00409. The van der Waals surface area contributed by atoms with Gasteiger partial charge in [0.15, 0.2) is 0 Å². The van der Waals surface area contributed by atoms with Crippen LogP contribution in [0.3, 0.4) is 0 Å². The number of carbonyl (C=O) groups is 1. The SMILES string of the molecule is C/C(=C/c1ccccc1)C(=O)NC(C)CCc1ccccc1. The summed E-state index contributed by atoms with van der Waals surface area (Å²) in [5, 5.41) is 3.06. The number of rotatable bonds is 6. The van der Waals surface area contributed by atoms with Crippen molar-refractivity contribution in [2.75, 3.05) is 0 Å². The normalized spacial score (nSPS) is 12.7. The lowest BCUT2D eigenvalue weighted by atomic mass is 10.1. The van der Waals surface area contributed by atoms with E-state index in [0.29, 0.717) is 0 Å². The highest BCUT2D eigenvalue weighted by molar-refractivity contribution is 5.97. The van der Waals surface area contributed by atoms with Gasteiger partial charge in [-0.25, -0.2) is 0 Å². The molecule has 0 aliphatic carbocycles. The van der Waals surface area contributed by atoms with Crippen molar-refractivity contribution in [1.29, 1.82) is 0 Å².